The van der Waals surface area contributed by atoms with E-state index in [9.17, 15) is 80.3 Å². The molecule has 0 rings (SSSR count). The molecule has 0 saturated carbocycles. The van der Waals surface area contributed by atoms with Gasteiger partial charge in [0.2, 0.25) is 0 Å². The predicted molar refractivity (Wildman–Crippen MR) is 377 cm³/mol. The fourth-order valence-corrected chi connectivity index (χ4v) is 7.95. The van der Waals surface area contributed by atoms with Gasteiger partial charge < -0.3 is 90.9 Å². The van der Waals surface area contributed by atoms with Gasteiger partial charge in [-0.05, 0) is 38.7 Å². The van der Waals surface area contributed by atoms with Crippen molar-refractivity contribution in [2.45, 2.75) is 40.5 Å². The molecule has 0 amide bonds. The van der Waals surface area contributed by atoms with Gasteiger partial charge in [-0.25, -0.2) is 61.2 Å². The lowest BCUT2D eigenvalue weighted by Gasteiger charge is -2.18. The van der Waals surface area contributed by atoms with Gasteiger partial charge in [-0.1, -0.05) is 65.8 Å². The second kappa shape index (κ2) is 71.1. The Kier molecular flexibility index (Phi) is 73.5. The van der Waals surface area contributed by atoms with Gasteiger partial charge >= 0.3 is 101 Å². The van der Waals surface area contributed by atoms with Crippen molar-refractivity contribution in [2.75, 3.05) is 159 Å². The Morgan fingerprint density at radius 1 is 0.349 bits per heavy atom. The summed E-state index contributed by atoms with van der Waals surface area (Å²) in [5.41, 5.74) is 0.746. The minimum absolute atomic E-state index is 0.00868. The van der Waals surface area contributed by atoms with Gasteiger partial charge in [-0.15, -0.1) is 4.52 Å². The van der Waals surface area contributed by atoms with Crippen molar-refractivity contribution in [2.24, 2.45) is 0 Å². The van der Waals surface area contributed by atoms with E-state index in [1.165, 1.54) is 33.7 Å². The van der Waals surface area contributed by atoms with Crippen molar-refractivity contribution in [3.63, 3.8) is 0 Å². The first-order valence-electron chi connectivity index (χ1n) is 30.3. The van der Waals surface area contributed by atoms with Crippen LogP contribution in [0.5, 0.6) is 0 Å². The van der Waals surface area contributed by atoms with Gasteiger partial charge in [0.05, 0.1) is 84.7 Å². The highest BCUT2D eigenvalue weighted by Crippen LogP contribution is 2.49. The van der Waals surface area contributed by atoms with E-state index in [1.807, 2.05) is 0 Å². The largest absolute Gasteiger partial charge is 0.504 e. The maximum atomic E-state index is 12.4. The molecular formula is C59H97O44P6+. The second-order valence-corrected chi connectivity index (χ2v) is 26.5. The number of carbonyl (C=O) groups excluding carboxylic acids is 9. The molecule has 0 aliphatic heterocycles. The first-order chi connectivity index (χ1) is 50.8. The topological polar surface area (TPSA) is 590 Å². The molecule has 0 fully saturated rings. The molecule has 6 N–H and O–H groups in total. The van der Waals surface area contributed by atoms with E-state index < -0.39 is 101 Å². The molecule has 0 aliphatic carbocycles. The van der Waals surface area contributed by atoms with E-state index >= 15 is 0 Å². The van der Waals surface area contributed by atoms with Crippen LogP contribution in [-0.4, -0.2) is 242 Å². The van der Waals surface area contributed by atoms with Crippen LogP contribution in [0, 0.1) is 0 Å². The van der Waals surface area contributed by atoms with Gasteiger partial charge in [0, 0.05) is 53.5 Å². The van der Waals surface area contributed by atoms with Crippen LogP contribution in [0.25, 0.3) is 0 Å². The molecule has 0 aliphatic rings. The van der Waals surface area contributed by atoms with Crippen LogP contribution >= 0.6 is 47.1 Å². The molecule has 50 heteroatoms. The van der Waals surface area contributed by atoms with Crippen LogP contribution in [0.4, 0.5) is 0 Å². The third-order valence-electron chi connectivity index (χ3n) is 8.93. The SMILES string of the molecule is C=C(C)C(=O)OCCOC(=O)CCCO[P+](C)=O.C=C(C)C(=O)OCCOP(=O)(O)O.C=C(C)OCOCCOP(=O)(O)OCCOC(=O)C(=C)C.C=CC(=O)OCCOP(=O)(O)O.C=CC(=O)OCCOP(=O)(OCCOC(=O)C=C)OCCOC(=O)C=C.C=COCOCCOP(=O)(O)OCCOC(=O)C=C. The highest BCUT2D eigenvalue weighted by Gasteiger charge is 2.28. The summed E-state index contributed by atoms with van der Waals surface area (Å²) >= 11 is 0. The van der Waals surface area contributed by atoms with Crippen molar-refractivity contribution in [3.05, 3.63) is 125 Å². The molecule has 0 saturated heterocycles. The van der Waals surface area contributed by atoms with Gasteiger partial charge in [0.25, 0.3) is 0 Å². The average molecular weight is 1700 g/mol. The molecule has 3 atom stereocenters. The molecule has 0 spiro atoms. The Balaban J connectivity index is -0.000000297. The van der Waals surface area contributed by atoms with Crippen LogP contribution < -0.4 is 0 Å². The Labute approximate surface area is 629 Å². The lowest BCUT2D eigenvalue weighted by atomic mass is 10.3. The van der Waals surface area contributed by atoms with E-state index in [1.54, 1.807) is 6.92 Å². The van der Waals surface area contributed by atoms with Gasteiger partial charge in [0.15, 0.2) is 20.3 Å². The van der Waals surface area contributed by atoms with E-state index in [0.717, 1.165) is 30.4 Å². The maximum Gasteiger partial charge on any atom is 0.504 e. The molecule has 0 bridgehead atoms. The molecule has 0 aromatic rings. The highest BCUT2D eigenvalue weighted by molar-refractivity contribution is 7.48. The summed E-state index contributed by atoms with van der Waals surface area (Å²) in [5, 5.41) is 0. The quantitative estimate of drug-likeness (QED) is 0.00780. The summed E-state index contributed by atoms with van der Waals surface area (Å²) in [6.07, 6.45) is 6.59. The van der Waals surface area contributed by atoms with Crippen molar-refractivity contribution < 1.29 is 207 Å². The molecule has 3 unspecified atom stereocenters. The first-order valence-corrected chi connectivity index (χ1v) is 39.4. The average Bonchev–Trinajstić information content (AvgIpc) is 0.906. The monoisotopic (exact) mass is 1700 g/mol. The zero-order valence-electron chi connectivity index (χ0n) is 60.6. The molecule has 0 heterocycles. The predicted octanol–water partition coefficient (Wildman–Crippen LogP) is 5.94. The van der Waals surface area contributed by atoms with Crippen molar-refractivity contribution >= 4 is 101 Å². The van der Waals surface area contributed by atoms with E-state index in [4.69, 9.17) is 61.4 Å². The summed E-state index contributed by atoms with van der Waals surface area (Å²) in [6.45, 7) is 36.9. The number of phosphoric ester groups is 5. The van der Waals surface area contributed by atoms with Crippen molar-refractivity contribution in [1.29, 1.82) is 0 Å². The summed E-state index contributed by atoms with van der Waals surface area (Å²) in [7, 11) is -23.0. The third kappa shape index (κ3) is 91.3. The van der Waals surface area contributed by atoms with Crippen LogP contribution in [0.3, 0.4) is 0 Å². The molecule has 109 heavy (non-hydrogen) atoms. The summed E-state index contributed by atoms with van der Waals surface area (Å²) in [4.78, 5) is 149. The zero-order valence-corrected chi connectivity index (χ0v) is 66.0. The van der Waals surface area contributed by atoms with E-state index in [-0.39, 0.29) is 170 Å². The smallest absolute Gasteiger partial charge is 0.476 e. The molecule has 44 nitrogen and oxygen atoms in total. The number of ether oxygens (including phenoxy) is 13. The molecule has 626 valence electrons. The number of esters is 9. The van der Waals surface area contributed by atoms with Crippen molar-refractivity contribution in [3.8, 4) is 0 Å². The first kappa shape index (κ1) is 113. The zero-order chi connectivity index (χ0) is 84.8. The van der Waals surface area contributed by atoms with Gasteiger partial charge in [0.1, 0.15) is 66.1 Å². The Bertz CT molecular complexity index is 3010. The van der Waals surface area contributed by atoms with Crippen LogP contribution in [0.1, 0.15) is 40.5 Å². The molecular weight excluding hydrogens is 1600 g/mol. The fraction of sp³-hybridized carbons (Fsp3) is 0.508. The van der Waals surface area contributed by atoms with Gasteiger partial charge in [-0.3, -0.25) is 45.5 Å². The third-order valence-corrected chi connectivity index (χ3v) is 14.0. The number of hydrogen-bond acceptors (Lipinski definition) is 38. The van der Waals surface area contributed by atoms with Crippen LogP contribution in [0.15, 0.2) is 125 Å². The minimum Gasteiger partial charge on any atom is -0.476 e. The van der Waals surface area contributed by atoms with Crippen LogP contribution in [-0.2, 0) is 177 Å². The highest BCUT2D eigenvalue weighted by atomic mass is 31.2. The number of allylic oxidation sites excluding steroid dienone is 1. The van der Waals surface area contributed by atoms with E-state index in [0.29, 0.717) is 17.8 Å². The number of rotatable bonds is 58. The standard InChI is InChI=1S/C15H21O10P.C12H21O8P.C11H18O6P.C10H17O8P.C6H11O6P.C5H9O6P/c1-4-13(16)20-7-10-23-26(19,24-11-8-21-14(17)5-2)25-12-9-22-15(18)6-3;1-10(2)12(13)17-6-8-20-21(14,15)19-7-5-16-9-18-11(3)4;1-9(2)11(13)16-8-7-15-10(12)5-4-6-17-18(3)14;1-3-10(11)16-6-8-18-19(12,13)17-7-5-15-9-14-4-2;1-5(2)6(7)11-3-4-12-13(8,9)10;1-2-5(6)10-3-4-11-12(7,8)9/h4-6H,1-3,7-12H2;1,3,5-9H2,2,4H3,(H,14,15);1,4-8H2,2-3H3;3-4H,1-2,5-9H2,(H,12,13);1,3-4H2,2H3,(H2,8,9,10);2H,1,3-4H2,(H2,7,8,9)/q;;+1;;;. The minimum atomic E-state index is -4.46. The Morgan fingerprint density at radius 2 is 0.615 bits per heavy atom. The van der Waals surface area contributed by atoms with Gasteiger partial charge in [-0.2, -0.15) is 0 Å². The summed E-state index contributed by atoms with van der Waals surface area (Å²) in [5.74, 6) is -4.99. The Morgan fingerprint density at radius 3 is 0.890 bits per heavy atom. The maximum absolute atomic E-state index is 12.4. The fourth-order valence-electron chi connectivity index (χ4n) is 4.45. The van der Waals surface area contributed by atoms with Crippen LogP contribution in [0.2, 0.25) is 0 Å². The number of carbonyl (C=O) groups is 9. The molecule has 0 aromatic heterocycles. The lowest BCUT2D eigenvalue weighted by Crippen LogP contribution is -2.14. The van der Waals surface area contributed by atoms with E-state index in [2.05, 4.69) is 131 Å². The number of phosphoric acid groups is 5. The number of hydrogen-bond donors (Lipinski definition) is 6. The Hall–Kier alpha value is -7.24. The normalized spacial score (nSPS) is 11.6. The summed E-state index contributed by atoms with van der Waals surface area (Å²) < 4.78 is 173. The molecule has 0 radical (unpaired) electrons. The summed E-state index contributed by atoms with van der Waals surface area (Å²) in [6, 6.07) is 0. The molecule has 0 aromatic carbocycles. The second-order valence-electron chi connectivity index (χ2n) is 18.3. The lowest BCUT2D eigenvalue weighted by molar-refractivity contribution is -0.150. The van der Waals surface area contributed by atoms with Crippen molar-refractivity contribution in [1.82, 2.24) is 0 Å².